The fraction of sp³-hybridized carbons (Fsp3) is 0.444. The van der Waals surface area contributed by atoms with Crippen LogP contribution in [0.3, 0.4) is 0 Å². The van der Waals surface area contributed by atoms with Crippen molar-refractivity contribution in [1.82, 2.24) is 4.98 Å². The summed E-state index contributed by atoms with van der Waals surface area (Å²) < 4.78 is 27.8. The molecule has 1 atom stereocenters. The van der Waals surface area contributed by atoms with E-state index in [-0.39, 0.29) is 18.3 Å². The average molecular weight is 329 g/mol. The van der Waals surface area contributed by atoms with Crippen LogP contribution in [0.5, 0.6) is 5.75 Å². The van der Waals surface area contributed by atoms with Crippen molar-refractivity contribution >= 4 is 35.7 Å². The van der Waals surface area contributed by atoms with Crippen molar-refractivity contribution < 1.29 is 13.2 Å². The molecule has 1 aromatic heterocycles. The highest BCUT2D eigenvalue weighted by atomic mass is 79.9. The van der Waals surface area contributed by atoms with E-state index in [4.69, 9.17) is 15.4 Å². The summed E-state index contributed by atoms with van der Waals surface area (Å²) in [6.45, 7) is 2.04. The van der Waals surface area contributed by atoms with Gasteiger partial charge in [0, 0.05) is 27.3 Å². The van der Waals surface area contributed by atoms with Crippen molar-refractivity contribution in [3.63, 3.8) is 0 Å². The Morgan fingerprint density at radius 1 is 1.56 bits per heavy atom. The molecule has 1 rings (SSSR count). The third-order valence-corrected chi connectivity index (χ3v) is 3.48. The Kier molecular flexibility index (Phi) is 5.01. The van der Waals surface area contributed by atoms with Gasteiger partial charge in [-0.1, -0.05) is 6.92 Å². The Morgan fingerprint density at radius 2 is 2.25 bits per heavy atom. The molecule has 0 saturated carbocycles. The molecule has 0 bridgehead atoms. The number of ether oxygens (including phenoxy) is 1. The molecule has 0 aliphatic carbocycles. The predicted octanol–water partition coefficient (Wildman–Crippen LogP) is 2.43. The second kappa shape index (κ2) is 5.84. The fourth-order valence-electron chi connectivity index (χ4n) is 1.10. The Labute approximate surface area is 108 Å². The highest BCUT2D eigenvalue weighted by molar-refractivity contribution is 9.10. The van der Waals surface area contributed by atoms with E-state index in [2.05, 4.69) is 20.9 Å². The van der Waals surface area contributed by atoms with Crippen LogP contribution < -0.4 is 4.74 Å². The highest BCUT2D eigenvalue weighted by Crippen LogP contribution is 2.17. The number of pyridine rings is 1. The van der Waals surface area contributed by atoms with E-state index in [0.29, 0.717) is 5.75 Å². The van der Waals surface area contributed by atoms with Crippen molar-refractivity contribution in [1.29, 1.82) is 0 Å². The molecule has 0 aliphatic heterocycles. The molecule has 0 amide bonds. The first kappa shape index (κ1) is 13.7. The summed E-state index contributed by atoms with van der Waals surface area (Å²) in [6, 6.07) is 1.76. The second-order valence-corrected chi connectivity index (χ2v) is 7.20. The first-order valence-corrected chi connectivity index (χ1v) is 7.79. The lowest BCUT2D eigenvalue weighted by atomic mass is 10.2. The van der Waals surface area contributed by atoms with Crippen LogP contribution in [-0.2, 0) is 9.05 Å². The maximum absolute atomic E-state index is 10.8. The predicted molar refractivity (Wildman–Crippen MR) is 66.2 cm³/mol. The van der Waals surface area contributed by atoms with Gasteiger partial charge >= 0.3 is 0 Å². The van der Waals surface area contributed by atoms with Crippen LogP contribution in [0.25, 0.3) is 0 Å². The van der Waals surface area contributed by atoms with Crippen molar-refractivity contribution in [2.75, 3.05) is 12.4 Å². The third-order valence-electron chi connectivity index (χ3n) is 1.70. The summed E-state index contributed by atoms with van der Waals surface area (Å²) in [6.07, 6.45) is 3.20. The third kappa shape index (κ3) is 5.67. The number of halogens is 2. The molecular weight excluding hydrogens is 318 g/mol. The lowest BCUT2D eigenvalue weighted by molar-refractivity contribution is 0.271. The van der Waals surface area contributed by atoms with Gasteiger partial charge in [-0.05, 0) is 22.0 Å². The molecule has 1 unspecified atom stereocenters. The number of rotatable bonds is 5. The molecular formula is C9H11BrClNO3S. The van der Waals surface area contributed by atoms with E-state index in [9.17, 15) is 8.42 Å². The van der Waals surface area contributed by atoms with Gasteiger partial charge in [0.2, 0.25) is 9.05 Å². The first-order chi connectivity index (χ1) is 7.37. The maximum Gasteiger partial charge on any atom is 0.232 e. The van der Waals surface area contributed by atoms with Gasteiger partial charge in [0.25, 0.3) is 0 Å². The average Bonchev–Trinajstić information content (AvgIpc) is 2.12. The van der Waals surface area contributed by atoms with Gasteiger partial charge in [0.05, 0.1) is 18.6 Å². The van der Waals surface area contributed by atoms with Crippen molar-refractivity contribution in [3.05, 3.63) is 22.9 Å². The van der Waals surface area contributed by atoms with Crippen LogP contribution in [0.4, 0.5) is 0 Å². The summed E-state index contributed by atoms with van der Waals surface area (Å²) >= 11 is 3.26. The lowest BCUT2D eigenvalue weighted by Gasteiger charge is -2.11. The van der Waals surface area contributed by atoms with Crippen molar-refractivity contribution in [2.24, 2.45) is 5.92 Å². The minimum Gasteiger partial charge on any atom is -0.492 e. The Morgan fingerprint density at radius 3 is 2.81 bits per heavy atom. The Bertz CT molecular complexity index is 452. The number of hydrogen-bond acceptors (Lipinski definition) is 4. The van der Waals surface area contributed by atoms with E-state index < -0.39 is 9.05 Å². The van der Waals surface area contributed by atoms with E-state index in [0.717, 1.165) is 4.47 Å². The standard InChI is InChI=1S/C9H11BrClNO3S/c1-7(6-16(11,13)14)5-15-9-2-8(10)3-12-4-9/h2-4,7H,5-6H2,1H3. The summed E-state index contributed by atoms with van der Waals surface area (Å²) in [5.74, 6) is 0.324. The van der Waals surface area contributed by atoms with Gasteiger partial charge in [0.1, 0.15) is 5.75 Å². The summed E-state index contributed by atoms with van der Waals surface area (Å²) in [4.78, 5) is 3.92. The molecule has 0 fully saturated rings. The minimum absolute atomic E-state index is 0.101. The molecule has 0 radical (unpaired) electrons. The molecule has 16 heavy (non-hydrogen) atoms. The Hall–Kier alpha value is -0.330. The minimum atomic E-state index is -3.47. The van der Waals surface area contributed by atoms with Crippen LogP contribution in [0.1, 0.15) is 6.92 Å². The summed E-state index contributed by atoms with van der Waals surface area (Å²) in [5.41, 5.74) is 0. The number of nitrogens with zero attached hydrogens (tertiary/aromatic N) is 1. The summed E-state index contributed by atoms with van der Waals surface area (Å²) in [5, 5.41) is 0. The van der Waals surface area contributed by atoms with Gasteiger partial charge in [0.15, 0.2) is 0 Å². The highest BCUT2D eigenvalue weighted by Gasteiger charge is 2.13. The van der Waals surface area contributed by atoms with Crippen LogP contribution in [0.2, 0.25) is 0 Å². The smallest absolute Gasteiger partial charge is 0.232 e. The monoisotopic (exact) mass is 327 g/mol. The van der Waals surface area contributed by atoms with Crippen LogP contribution in [-0.4, -0.2) is 25.8 Å². The molecule has 0 aromatic carbocycles. The SMILES string of the molecule is CC(COc1cncc(Br)c1)CS(=O)(=O)Cl. The molecule has 1 heterocycles. The normalized spacial score (nSPS) is 13.4. The zero-order valence-electron chi connectivity index (χ0n) is 8.56. The second-order valence-electron chi connectivity index (χ2n) is 3.46. The van der Waals surface area contributed by atoms with E-state index in [1.807, 2.05) is 0 Å². The first-order valence-electron chi connectivity index (χ1n) is 4.52. The Balaban J connectivity index is 2.46. The maximum atomic E-state index is 10.8. The summed E-state index contributed by atoms with van der Waals surface area (Å²) in [7, 11) is 1.66. The van der Waals surface area contributed by atoms with Crippen molar-refractivity contribution in [2.45, 2.75) is 6.92 Å². The topological polar surface area (TPSA) is 56.3 Å². The van der Waals surface area contributed by atoms with Crippen LogP contribution in [0, 0.1) is 5.92 Å². The quantitative estimate of drug-likeness (QED) is 0.779. The number of aromatic nitrogens is 1. The molecule has 7 heteroatoms. The van der Waals surface area contributed by atoms with E-state index >= 15 is 0 Å². The fourth-order valence-corrected chi connectivity index (χ4v) is 2.86. The van der Waals surface area contributed by atoms with Gasteiger partial charge in [-0.2, -0.15) is 0 Å². The molecule has 0 spiro atoms. The van der Waals surface area contributed by atoms with E-state index in [1.54, 1.807) is 25.4 Å². The molecule has 4 nitrogen and oxygen atoms in total. The molecule has 0 saturated heterocycles. The zero-order valence-corrected chi connectivity index (χ0v) is 11.7. The van der Waals surface area contributed by atoms with Gasteiger partial charge < -0.3 is 4.74 Å². The van der Waals surface area contributed by atoms with Gasteiger partial charge in [-0.25, -0.2) is 8.42 Å². The molecule has 0 N–H and O–H groups in total. The lowest BCUT2D eigenvalue weighted by Crippen LogP contribution is -2.16. The largest absolute Gasteiger partial charge is 0.492 e. The molecule has 90 valence electrons. The molecule has 0 aliphatic rings. The van der Waals surface area contributed by atoms with Gasteiger partial charge in [-0.15, -0.1) is 0 Å². The van der Waals surface area contributed by atoms with Crippen LogP contribution in [0.15, 0.2) is 22.9 Å². The molecule has 1 aromatic rings. The zero-order chi connectivity index (χ0) is 12.2. The number of hydrogen-bond donors (Lipinski definition) is 0. The van der Waals surface area contributed by atoms with Crippen molar-refractivity contribution in [3.8, 4) is 5.75 Å². The van der Waals surface area contributed by atoms with E-state index in [1.165, 1.54) is 0 Å². The van der Waals surface area contributed by atoms with Crippen LogP contribution >= 0.6 is 26.6 Å². The van der Waals surface area contributed by atoms with Gasteiger partial charge in [-0.3, -0.25) is 4.98 Å².